The monoisotopic (exact) mass is 286 g/mol. The molecule has 98 valence electrons. The Kier molecular flexibility index (Phi) is 4.87. The lowest BCUT2D eigenvalue weighted by molar-refractivity contribution is 0.142. The number of alkyl halides is 1. The van der Waals surface area contributed by atoms with Gasteiger partial charge in [-0.3, -0.25) is 0 Å². The van der Waals surface area contributed by atoms with Gasteiger partial charge in [0, 0.05) is 24.8 Å². The van der Waals surface area contributed by atoms with Crippen LogP contribution in [0.25, 0.3) is 11.0 Å². The highest BCUT2D eigenvalue weighted by Crippen LogP contribution is 2.21. The number of ether oxygens (including phenoxy) is 1. The molecule has 0 atom stereocenters. The van der Waals surface area contributed by atoms with Crippen LogP contribution >= 0.6 is 23.2 Å². The second-order valence-corrected chi connectivity index (χ2v) is 4.70. The molecule has 0 amide bonds. The van der Waals surface area contributed by atoms with Crippen molar-refractivity contribution in [1.29, 1.82) is 0 Å². The molecule has 1 aromatic heterocycles. The highest BCUT2D eigenvalue weighted by atomic mass is 35.5. The fraction of sp³-hybridized carbons (Fsp3) is 0.462. The van der Waals surface area contributed by atoms with Crippen LogP contribution < -0.4 is 0 Å². The van der Waals surface area contributed by atoms with E-state index in [2.05, 4.69) is 9.55 Å². The van der Waals surface area contributed by atoms with Crippen molar-refractivity contribution in [3.8, 4) is 0 Å². The molecule has 0 radical (unpaired) electrons. The van der Waals surface area contributed by atoms with Crippen molar-refractivity contribution < 1.29 is 4.74 Å². The van der Waals surface area contributed by atoms with Gasteiger partial charge < -0.3 is 9.30 Å². The van der Waals surface area contributed by atoms with Crippen molar-refractivity contribution in [3.63, 3.8) is 0 Å². The second-order valence-electron chi connectivity index (χ2n) is 4.00. The van der Waals surface area contributed by atoms with Gasteiger partial charge in [0.05, 0.1) is 16.9 Å². The fourth-order valence-electron chi connectivity index (χ4n) is 1.97. The molecular weight excluding hydrogens is 271 g/mol. The Morgan fingerprint density at radius 1 is 1.39 bits per heavy atom. The summed E-state index contributed by atoms with van der Waals surface area (Å²) < 4.78 is 7.49. The summed E-state index contributed by atoms with van der Waals surface area (Å²) in [6.45, 7) is 4.37. The topological polar surface area (TPSA) is 27.1 Å². The second kappa shape index (κ2) is 6.41. The van der Waals surface area contributed by atoms with E-state index in [4.69, 9.17) is 27.9 Å². The molecule has 0 fully saturated rings. The molecule has 2 aromatic rings. The van der Waals surface area contributed by atoms with Crippen LogP contribution in [-0.2, 0) is 17.2 Å². The van der Waals surface area contributed by atoms with Gasteiger partial charge in [-0.2, -0.15) is 0 Å². The molecule has 0 saturated heterocycles. The average Bonchev–Trinajstić information content (AvgIpc) is 2.71. The van der Waals surface area contributed by atoms with Gasteiger partial charge in [0.15, 0.2) is 0 Å². The quantitative estimate of drug-likeness (QED) is 0.596. The van der Waals surface area contributed by atoms with Crippen molar-refractivity contribution in [2.75, 3.05) is 13.2 Å². The van der Waals surface area contributed by atoms with E-state index >= 15 is 0 Å². The van der Waals surface area contributed by atoms with Crippen LogP contribution in [0.4, 0.5) is 0 Å². The van der Waals surface area contributed by atoms with Crippen molar-refractivity contribution in [1.82, 2.24) is 9.55 Å². The van der Waals surface area contributed by atoms with Crippen LogP contribution in [0.2, 0.25) is 5.02 Å². The highest BCUT2D eigenvalue weighted by molar-refractivity contribution is 6.31. The van der Waals surface area contributed by atoms with Gasteiger partial charge in [-0.15, -0.1) is 11.6 Å². The Balaban J connectivity index is 2.23. The van der Waals surface area contributed by atoms with Crippen molar-refractivity contribution in [2.45, 2.75) is 25.8 Å². The maximum atomic E-state index is 5.97. The predicted molar refractivity (Wildman–Crippen MR) is 75.4 cm³/mol. The molecule has 0 saturated carbocycles. The molecule has 0 aliphatic rings. The van der Waals surface area contributed by atoms with Crippen LogP contribution in [0.5, 0.6) is 0 Å². The minimum atomic E-state index is 0.404. The minimum Gasteiger partial charge on any atom is -0.382 e. The lowest BCUT2D eigenvalue weighted by atomic mass is 10.3. The van der Waals surface area contributed by atoms with Crippen LogP contribution in [0, 0.1) is 0 Å². The molecule has 0 aliphatic carbocycles. The Labute approximate surface area is 117 Å². The smallest absolute Gasteiger partial charge is 0.124 e. The molecule has 5 heteroatoms. The first-order valence-electron chi connectivity index (χ1n) is 6.04. The van der Waals surface area contributed by atoms with E-state index < -0.39 is 0 Å². The molecule has 0 N–H and O–H groups in total. The number of benzene rings is 1. The van der Waals surface area contributed by atoms with Crippen molar-refractivity contribution >= 4 is 34.2 Å². The van der Waals surface area contributed by atoms with E-state index in [0.29, 0.717) is 10.9 Å². The number of halogens is 2. The van der Waals surface area contributed by atoms with E-state index in [1.807, 2.05) is 25.1 Å². The summed E-state index contributed by atoms with van der Waals surface area (Å²) in [5, 5.41) is 0.697. The van der Waals surface area contributed by atoms with Crippen LogP contribution in [0.15, 0.2) is 18.2 Å². The largest absolute Gasteiger partial charge is 0.382 e. The summed E-state index contributed by atoms with van der Waals surface area (Å²) in [7, 11) is 0. The molecule has 3 nitrogen and oxygen atoms in total. The van der Waals surface area contributed by atoms with E-state index in [9.17, 15) is 0 Å². The molecule has 0 aliphatic heterocycles. The summed E-state index contributed by atoms with van der Waals surface area (Å²) in [6, 6.07) is 5.73. The van der Waals surface area contributed by atoms with Gasteiger partial charge in [0.25, 0.3) is 0 Å². The van der Waals surface area contributed by atoms with Crippen molar-refractivity contribution in [2.24, 2.45) is 0 Å². The number of aryl methyl sites for hydroxylation is 1. The Hall–Kier alpha value is -0.770. The number of imidazole rings is 1. The van der Waals surface area contributed by atoms with Gasteiger partial charge in [-0.1, -0.05) is 11.6 Å². The molecule has 0 unspecified atom stereocenters. The number of fused-ring (bicyclic) bond motifs is 1. The van der Waals surface area contributed by atoms with Crippen LogP contribution in [0.3, 0.4) is 0 Å². The maximum absolute atomic E-state index is 5.97. The summed E-state index contributed by atoms with van der Waals surface area (Å²) in [4.78, 5) is 4.50. The zero-order valence-electron chi connectivity index (χ0n) is 10.3. The first-order valence-corrected chi connectivity index (χ1v) is 6.96. The molecule has 1 aromatic carbocycles. The lowest BCUT2D eigenvalue weighted by Gasteiger charge is -2.07. The molecular formula is C13H16Cl2N2O. The zero-order valence-corrected chi connectivity index (χ0v) is 11.8. The summed E-state index contributed by atoms with van der Waals surface area (Å²) >= 11 is 11.9. The number of hydrogen-bond donors (Lipinski definition) is 0. The molecule has 2 rings (SSSR count). The summed E-state index contributed by atoms with van der Waals surface area (Å²) in [5.41, 5.74) is 1.97. The third-order valence-electron chi connectivity index (χ3n) is 2.78. The molecule has 0 spiro atoms. The lowest BCUT2D eigenvalue weighted by Crippen LogP contribution is -2.05. The van der Waals surface area contributed by atoms with E-state index in [-0.39, 0.29) is 0 Å². The van der Waals surface area contributed by atoms with Gasteiger partial charge >= 0.3 is 0 Å². The van der Waals surface area contributed by atoms with Gasteiger partial charge in [0.1, 0.15) is 5.82 Å². The molecule has 1 heterocycles. The maximum Gasteiger partial charge on any atom is 0.124 e. The Bertz CT molecular complexity index is 525. The van der Waals surface area contributed by atoms with Crippen molar-refractivity contribution in [3.05, 3.63) is 29.0 Å². The van der Waals surface area contributed by atoms with Gasteiger partial charge in [-0.05, 0) is 31.5 Å². The first kappa shape index (κ1) is 13.7. The number of aromatic nitrogens is 2. The van der Waals surface area contributed by atoms with Gasteiger partial charge in [-0.25, -0.2) is 4.98 Å². The van der Waals surface area contributed by atoms with Crippen LogP contribution in [-0.4, -0.2) is 22.8 Å². The average molecular weight is 287 g/mol. The number of hydrogen-bond acceptors (Lipinski definition) is 2. The highest BCUT2D eigenvalue weighted by Gasteiger charge is 2.09. The first-order chi connectivity index (χ1) is 8.76. The summed E-state index contributed by atoms with van der Waals surface area (Å²) in [5.74, 6) is 1.28. The predicted octanol–water partition coefficient (Wildman–Crippen LogP) is 3.86. The Morgan fingerprint density at radius 2 is 2.22 bits per heavy atom. The van der Waals surface area contributed by atoms with Gasteiger partial charge in [0.2, 0.25) is 0 Å². The van der Waals surface area contributed by atoms with Crippen LogP contribution in [0.1, 0.15) is 19.2 Å². The minimum absolute atomic E-state index is 0.404. The third-order valence-corrected chi connectivity index (χ3v) is 3.26. The number of nitrogens with zero attached hydrogens (tertiary/aromatic N) is 2. The SMILES string of the molecule is CCOCCCn1c(CCl)nc2cc(Cl)ccc21. The van der Waals surface area contributed by atoms with E-state index in [0.717, 1.165) is 43.0 Å². The molecule has 0 bridgehead atoms. The normalized spacial score (nSPS) is 11.3. The molecule has 18 heavy (non-hydrogen) atoms. The number of rotatable bonds is 6. The van der Waals surface area contributed by atoms with E-state index in [1.54, 1.807) is 0 Å². The standard InChI is InChI=1S/C13H16Cl2N2O/c1-2-18-7-3-6-17-12-5-4-10(15)8-11(12)16-13(17)9-14/h4-5,8H,2-3,6-7,9H2,1H3. The Morgan fingerprint density at radius 3 is 2.94 bits per heavy atom. The fourth-order valence-corrected chi connectivity index (χ4v) is 2.34. The van der Waals surface area contributed by atoms with E-state index in [1.165, 1.54) is 0 Å². The summed E-state index contributed by atoms with van der Waals surface area (Å²) in [6.07, 6.45) is 0.950. The third kappa shape index (κ3) is 2.97. The zero-order chi connectivity index (χ0) is 13.0.